The molecule has 0 aliphatic heterocycles. The molecule has 1 unspecified atom stereocenters. The van der Waals surface area contributed by atoms with Crippen LogP contribution in [0.15, 0.2) is 42.7 Å². The maximum atomic E-state index is 10.6. The lowest BCUT2D eigenvalue weighted by atomic mass is 10.1. The van der Waals surface area contributed by atoms with Gasteiger partial charge in [0, 0.05) is 18.0 Å². The fourth-order valence-corrected chi connectivity index (χ4v) is 1.82. The predicted octanol–water partition coefficient (Wildman–Crippen LogP) is 1.87. The van der Waals surface area contributed by atoms with Crippen LogP contribution in [-0.2, 0) is 16.8 Å². The zero-order chi connectivity index (χ0) is 11.4. The molecule has 1 heterocycles. The van der Waals surface area contributed by atoms with E-state index in [9.17, 15) is 4.21 Å². The van der Waals surface area contributed by atoms with Crippen molar-refractivity contribution in [2.45, 2.75) is 5.75 Å². The van der Waals surface area contributed by atoms with Gasteiger partial charge in [-0.1, -0.05) is 24.3 Å². The Hall–Kier alpha value is -1.59. The largest absolute Gasteiger partial charge is 0.306 e. The van der Waals surface area contributed by atoms with Gasteiger partial charge in [0.2, 0.25) is 0 Å². The molecular formula is C11H10N2O2S. The summed E-state index contributed by atoms with van der Waals surface area (Å²) >= 11 is -1.80. The first-order valence-corrected chi connectivity index (χ1v) is 5.97. The molecule has 0 radical (unpaired) electrons. The summed E-state index contributed by atoms with van der Waals surface area (Å²) in [4.78, 5) is 8.24. The van der Waals surface area contributed by atoms with Crippen molar-refractivity contribution in [1.82, 2.24) is 9.97 Å². The second kappa shape index (κ2) is 4.96. The first kappa shape index (κ1) is 10.9. The third-order valence-electron chi connectivity index (χ3n) is 2.07. The average molecular weight is 234 g/mol. The molecule has 1 N–H and O–H groups in total. The van der Waals surface area contributed by atoms with E-state index >= 15 is 0 Å². The van der Waals surface area contributed by atoms with Gasteiger partial charge >= 0.3 is 0 Å². The van der Waals surface area contributed by atoms with Crippen molar-refractivity contribution >= 4 is 11.1 Å². The number of hydrogen-bond acceptors (Lipinski definition) is 3. The average Bonchev–Trinajstić information content (AvgIpc) is 2.30. The van der Waals surface area contributed by atoms with E-state index in [4.69, 9.17) is 4.55 Å². The van der Waals surface area contributed by atoms with Crippen LogP contribution >= 0.6 is 0 Å². The maximum absolute atomic E-state index is 10.6. The smallest absolute Gasteiger partial charge is 0.159 e. The van der Waals surface area contributed by atoms with Crippen LogP contribution in [0.1, 0.15) is 5.56 Å². The third kappa shape index (κ3) is 2.71. The van der Waals surface area contributed by atoms with Gasteiger partial charge in [-0.15, -0.1) is 0 Å². The Labute approximate surface area is 95.7 Å². The zero-order valence-corrected chi connectivity index (χ0v) is 9.22. The van der Waals surface area contributed by atoms with Crippen LogP contribution in [-0.4, -0.2) is 18.7 Å². The van der Waals surface area contributed by atoms with Crippen molar-refractivity contribution in [2.75, 3.05) is 0 Å². The molecule has 0 aliphatic rings. The van der Waals surface area contributed by atoms with Crippen molar-refractivity contribution in [1.29, 1.82) is 0 Å². The quantitative estimate of drug-likeness (QED) is 0.823. The number of nitrogens with zero attached hydrogens (tertiary/aromatic N) is 2. The molecule has 2 rings (SSSR count). The number of benzene rings is 1. The van der Waals surface area contributed by atoms with Crippen molar-refractivity contribution in [2.24, 2.45) is 0 Å². The second-order valence-electron chi connectivity index (χ2n) is 3.24. The van der Waals surface area contributed by atoms with Crippen LogP contribution in [0.5, 0.6) is 0 Å². The van der Waals surface area contributed by atoms with E-state index in [0.717, 1.165) is 11.1 Å². The van der Waals surface area contributed by atoms with E-state index in [1.807, 2.05) is 12.1 Å². The summed E-state index contributed by atoms with van der Waals surface area (Å²) in [5, 5.41) is 0. The van der Waals surface area contributed by atoms with E-state index in [0.29, 0.717) is 5.82 Å². The van der Waals surface area contributed by atoms with E-state index in [2.05, 4.69) is 9.97 Å². The maximum Gasteiger partial charge on any atom is 0.159 e. The molecular weight excluding hydrogens is 224 g/mol. The van der Waals surface area contributed by atoms with Crippen LogP contribution in [0.3, 0.4) is 0 Å². The molecule has 0 saturated carbocycles. The Bertz CT molecular complexity index is 485. The van der Waals surface area contributed by atoms with Crippen molar-refractivity contribution in [3.8, 4) is 11.4 Å². The summed E-state index contributed by atoms with van der Waals surface area (Å²) in [6.07, 6.45) is 3.36. The molecule has 0 saturated heterocycles. The van der Waals surface area contributed by atoms with Crippen LogP contribution in [0.25, 0.3) is 11.4 Å². The summed E-state index contributed by atoms with van der Waals surface area (Å²) in [6, 6.07) is 9.06. The monoisotopic (exact) mass is 234 g/mol. The molecule has 1 atom stereocenters. The standard InChI is InChI=1S/C11H10N2O2S/c14-16(15)8-9-2-4-10(5-3-9)11-12-6-1-7-13-11/h1-7H,8H2,(H,14,15). The lowest BCUT2D eigenvalue weighted by molar-refractivity contribution is 0.563. The highest BCUT2D eigenvalue weighted by atomic mass is 32.2. The Morgan fingerprint density at radius 1 is 1.12 bits per heavy atom. The molecule has 0 fully saturated rings. The predicted molar refractivity (Wildman–Crippen MR) is 61.9 cm³/mol. The molecule has 16 heavy (non-hydrogen) atoms. The second-order valence-corrected chi connectivity index (χ2v) is 4.17. The Morgan fingerprint density at radius 3 is 2.31 bits per heavy atom. The number of aromatic nitrogens is 2. The molecule has 4 nitrogen and oxygen atoms in total. The zero-order valence-electron chi connectivity index (χ0n) is 8.41. The fraction of sp³-hybridized carbons (Fsp3) is 0.0909. The summed E-state index contributed by atoms with van der Waals surface area (Å²) in [5.74, 6) is 0.801. The van der Waals surface area contributed by atoms with Gasteiger partial charge in [-0.05, 0) is 11.6 Å². The summed E-state index contributed by atoms with van der Waals surface area (Å²) < 4.78 is 19.3. The molecule has 0 amide bonds. The minimum Gasteiger partial charge on any atom is -0.306 e. The highest BCUT2D eigenvalue weighted by molar-refractivity contribution is 7.78. The van der Waals surface area contributed by atoms with Crippen molar-refractivity contribution in [3.63, 3.8) is 0 Å². The number of rotatable bonds is 3. The van der Waals surface area contributed by atoms with Gasteiger partial charge in [0.15, 0.2) is 16.9 Å². The highest BCUT2D eigenvalue weighted by Crippen LogP contribution is 2.15. The van der Waals surface area contributed by atoms with Gasteiger partial charge < -0.3 is 4.55 Å². The van der Waals surface area contributed by atoms with Gasteiger partial charge in [-0.3, -0.25) is 0 Å². The van der Waals surface area contributed by atoms with Crippen molar-refractivity contribution < 1.29 is 8.76 Å². The molecule has 0 bridgehead atoms. The SMILES string of the molecule is O=S(O)Cc1ccc(-c2ncccn2)cc1. The van der Waals surface area contributed by atoms with Crippen LogP contribution in [0.2, 0.25) is 0 Å². The molecule has 0 spiro atoms. The molecule has 2 aromatic rings. The van der Waals surface area contributed by atoms with Gasteiger partial charge in [0.05, 0.1) is 5.75 Å². The van der Waals surface area contributed by atoms with Crippen LogP contribution < -0.4 is 0 Å². The van der Waals surface area contributed by atoms with E-state index in [1.165, 1.54) is 0 Å². The minimum absolute atomic E-state index is 0.149. The molecule has 82 valence electrons. The normalized spacial score (nSPS) is 12.3. The topological polar surface area (TPSA) is 63.1 Å². The van der Waals surface area contributed by atoms with Gasteiger partial charge in [-0.25, -0.2) is 14.2 Å². The van der Waals surface area contributed by atoms with Gasteiger partial charge in [-0.2, -0.15) is 0 Å². The Morgan fingerprint density at radius 2 is 1.75 bits per heavy atom. The lowest BCUT2D eigenvalue weighted by Gasteiger charge is -2.01. The van der Waals surface area contributed by atoms with Crippen LogP contribution in [0.4, 0.5) is 0 Å². The highest BCUT2D eigenvalue weighted by Gasteiger charge is 2.01. The van der Waals surface area contributed by atoms with E-state index < -0.39 is 11.1 Å². The summed E-state index contributed by atoms with van der Waals surface area (Å²) in [6.45, 7) is 0. The summed E-state index contributed by atoms with van der Waals surface area (Å²) in [5.41, 5.74) is 1.72. The molecule has 1 aromatic carbocycles. The Kier molecular flexibility index (Phi) is 3.38. The Balaban J connectivity index is 2.23. The van der Waals surface area contributed by atoms with E-state index in [1.54, 1.807) is 30.6 Å². The van der Waals surface area contributed by atoms with Crippen molar-refractivity contribution in [3.05, 3.63) is 48.3 Å². The lowest BCUT2D eigenvalue weighted by Crippen LogP contribution is -1.93. The molecule has 0 aliphatic carbocycles. The fourth-order valence-electron chi connectivity index (χ4n) is 1.34. The van der Waals surface area contributed by atoms with E-state index in [-0.39, 0.29) is 5.75 Å². The third-order valence-corrected chi connectivity index (χ3v) is 2.65. The summed E-state index contributed by atoms with van der Waals surface area (Å²) in [7, 11) is 0. The first-order chi connectivity index (χ1) is 7.75. The molecule has 5 heteroatoms. The molecule has 1 aromatic heterocycles. The number of hydrogen-bond donors (Lipinski definition) is 1. The van der Waals surface area contributed by atoms with Gasteiger partial charge in [0.1, 0.15) is 0 Å². The minimum atomic E-state index is -1.80. The van der Waals surface area contributed by atoms with Crippen LogP contribution in [0, 0.1) is 0 Å². The first-order valence-electron chi connectivity index (χ1n) is 4.69. The van der Waals surface area contributed by atoms with Gasteiger partial charge in [0.25, 0.3) is 0 Å².